The summed E-state index contributed by atoms with van der Waals surface area (Å²) in [6.07, 6.45) is -3.00. The first-order chi connectivity index (χ1) is 11.2. The number of hydrogen-bond donors (Lipinski definition) is 0. The van der Waals surface area contributed by atoms with E-state index in [1.807, 2.05) is 4.90 Å². The summed E-state index contributed by atoms with van der Waals surface area (Å²) in [5, 5.41) is 0. The maximum atomic E-state index is 12.1. The second-order valence-electron chi connectivity index (χ2n) is 5.98. The zero-order chi connectivity index (χ0) is 17.4. The van der Waals surface area contributed by atoms with E-state index in [4.69, 9.17) is 0 Å². The van der Waals surface area contributed by atoms with Crippen LogP contribution in [-0.4, -0.2) is 68.4 Å². The quantitative estimate of drug-likeness (QED) is 0.804. The third kappa shape index (κ3) is 4.29. The summed E-state index contributed by atoms with van der Waals surface area (Å²) in [6.45, 7) is 2.73. The molecule has 6 nitrogen and oxygen atoms in total. The summed E-state index contributed by atoms with van der Waals surface area (Å²) in [7, 11) is -2.90. The van der Waals surface area contributed by atoms with Crippen molar-refractivity contribution < 1.29 is 26.3 Å². The number of alkyl halides is 3. The lowest BCUT2D eigenvalue weighted by atomic mass is 10.2. The molecule has 0 spiro atoms. The molecular weight excluding hydrogens is 347 g/mol. The Morgan fingerprint density at radius 1 is 1.17 bits per heavy atom. The predicted octanol–water partition coefficient (Wildman–Crippen LogP) is 1.29. The minimum atomic E-state index is -4.73. The minimum absolute atomic E-state index is 0.0765. The van der Waals surface area contributed by atoms with Crippen LogP contribution in [0, 0.1) is 0 Å². The Morgan fingerprint density at radius 2 is 1.88 bits per heavy atom. The molecule has 3 rings (SSSR count). The van der Waals surface area contributed by atoms with Crippen molar-refractivity contribution in [3.8, 4) is 5.75 Å². The lowest BCUT2D eigenvalue weighted by Gasteiger charge is -2.38. The van der Waals surface area contributed by atoms with Crippen LogP contribution in [0.3, 0.4) is 0 Å². The molecule has 2 aliphatic rings. The summed E-state index contributed by atoms with van der Waals surface area (Å²) < 4.78 is 63.3. The number of piperazine rings is 1. The molecule has 24 heavy (non-hydrogen) atoms. The molecular formula is C14H18F3N3O3S. The van der Waals surface area contributed by atoms with E-state index in [2.05, 4.69) is 14.6 Å². The van der Waals surface area contributed by atoms with E-state index in [9.17, 15) is 21.6 Å². The van der Waals surface area contributed by atoms with Gasteiger partial charge in [0.25, 0.3) is 0 Å². The van der Waals surface area contributed by atoms with Crippen molar-refractivity contribution in [2.75, 3.05) is 42.6 Å². The molecule has 0 saturated carbocycles. The number of hydrogen-bond acceptors (Lipinski definition) is 6. The van der Waals surface area contributed by atoms with Crippen LogP contribution in [0.5, 0.6) is 5.75 Å². The lowest BCUT2D eigenvalue weighted by Crippen LogP contribution is -2.51. The number of nitrogens with zero attached hydrogens (tertiary/aromatic N) is 3. The van der Waals surface area contributed by atoms with Gasteiger partial charge in [-0.05, 0) is 18.6 Å². The van der Waals surface area contributed by atoms with Crippen LogP contribution in [0.25, 0.3) is 0 Å². The SMILES string of the molecule is O=S1(=O)CCC(N2CCN(c3ccc(OC(F)(F)F)cn3)CC2)C1. The van der Waals surface area contributed by atoms with Crippen molar-refractivity contribution in [1.82, 2.24) is 9.88 Å². The van der Waals surface area contributed by atoms with Gasteiger partial charge in [0, 0.05) is 32.2 Å². The molecule has 0 N–H and O–H groups in total. The van der Waals surface area contributed by atoms with E-state index in [-0.39, 0.29) is 23.3 Å². The Balaban J connectivity index is 1.55. The maximum absolute atomic E-state index is 12.1. The summed E-state index contributed by atoms with van der Waals surface area (Å²) in [5.41, 5.74) is 0. The largest absolute Gasteiger partial charge is 0.573 e. The van der Waals surface area contributed by atoms with Gasteiger partial charge in [-0.15, -0.1) is 13.2 Å². The van der Waals surface area contributed by atoms with Crippen molar-refractivity contribution >= 4 is 15.7 Å². The van der Waals surface area contributed by atoms with Crippen molar-refractivity contribution in [3.05, 3.63) is 18.3 Å². The highest BCUT2D eigenvalue weighted by Gasteiger charge is 2.34. The van der Waals surface area contributed by atoms with Crippen LogP contribution in [0.4, 0.5) is 19.0 Å². The zero-order valence-corrected chi connectivity index (χ0v) is 13.7. The van der Waals surface area contributed by atoms with E-state index in [1.165, 1.54) is 12.1 Å². The van der Waals surface area contributed by atoms with Crippen molar-refractivity contribution in [2.24, 2.45) is 0 Å². The highest BCUT2D eigenvalue weighted by atomic mass is 32.2. The van der Waals surface area contributed by atoms with Crippen LogP contribution in [-0.2, 0) is 9.84 Å². The number of pyridine rings is 1. The topological polar surface area (TPSA) is 62.7 Å². The van der Waals surface area contributed by atoms with Gasteiger partial charge in [0.05, 0.1) is 17.7 Å². The molecule has 2 aliphatic heterocycles. The van der Waals surface area contributed by atoms with Gasteiger partial charge >= 0.3 is 6.36 Å². The van der Waals surface area contributed by atoms with E-state index < -0.39 is 16.2 Å². The summed E-state index contributed by atoms with van der Waals surface area (Å²) in [6, 6.07) is 2.82. The molecule has 1 unspecified atom stereocenters. The first kappa shape index (κ1) is 17.3. The van der Waals surface area contributed by atoms with Crippen LogP contribution in [0.2, 0.25) is 0 Å². The van der Waals surface area contributed by atoms with Crippen LogP contribution >= 0.6 is 0 Å². The Bertz CT molecular complexity index is 671. The minimum Gasteiger partial charge on any atom is -0.404 e. The average molecular weight is 365 g/mol. The normalized spacial score (nSPS) is 25.0. The van der Waals surface area contributed by atoms with Gasteiger partial charge in [0.2, 0.25) is 0 Å². The molecule has 2 fully saturated rings. The van der Waals surface area contributed by atoms with E-state index >= 15 is 0 Å². The molecule has 1 atom stereocenters. The standard InChI is InChI=1S/C14H18F3N3O3S/c15-14(16,17)23-12-1-2-13(18-9-12)20-6-4-19(5-7-20)11-3-8-24(21,22)10-11/h1-2,9,11H,3-8,10H2. The fourth-order valence-corrected chi connectivity index (χ4v) is 4.89. The molecule has 0 radical (unpaired) electrons. The molecule has 0 bridgehead atoms. The second kappa shape index (κ2) is 6.40. The van der Waals surface area contributed by atoms with Crippen LogP contribution in [0.1, 0.15) is 6.42 Å². The molecule has 134 valence electrons. The van der Waals surface area contributed by atoms with Crippen molar-refractivity contribution in [1.29, 1.82) is 0 Å². The first-order valence-corrected chi connectivity index (χ1v) is 9.45. The highest BCUT2D eigenvalue weighted by molar-refractivity contribution is 7.91. The number of rotatable bonds is 3. The van der Waals surface area contributed by atoms with Crippen LogP contribution < -0.4 is 9.64 Å². The molecule has 3 heterocycles. The first-order valence-electron chi connectivity index (χ1n) is 7.63. The average Bonchev–Trinajstić information content (AvgIpc) is 2.87. The van der Waals surface area contributed by atoms with Gasteiger partial charge in [-0.2, -0.15) is 0 Å². The summed E-state index contributed by atoms with van der Waals surface area (Å²) >= 11 is 0. The van der Waals surface area contributed by atoms with E-state index in [1.54, 1.807) is 0 Å². The third-order valence-corrected chi connectivity index (χ3v) is 6.07. The predicted molar refractivity (Wildman–Crippen MR) is 81.8 cm³/mol. The van der Waals surface area contributed by atoms with Gasteiger partial charge in [0.15, 0.2) is 9.84 Å². The molecule has 1 aromatic heterocycles. The Hall–Kier alpha value is -1.55. The van der Waals surface area contributed by atoms with Gasteiger partial charge in [-0.1, -0.05) is 0 Å². The second-order valence-corrected chi connectivity index (χ2v) is 8.21. The Kier molecular flexibility index (Phi) is 4.60. The molecule has 0 amide bonds. The van der Waals surface area contributed by atoms with Gasteiger partial charge in [0.1, 0.15) is 11.6 Å². The van der Waals surface area contributed by atoms with E-state index in [0.717, 1.165) is 6.20 Å². The van der Waals surface area contributed by atoms with Crippen molar-refractivity contribution in [2.45, 2.75) is 18.8 Å². The fourth-order valence-electron chi connectivity index (χ4n) is 3.13. The lowest BCUT2D eigenvalue weighted by molar-refractivity contribution is -0.274. The highest BCUT2D eigenvalue weighted by Crippen LogP contribution is 2.25. The number of sulfone groups is 1. The van der Waals surface area contributed by atoms with E-state index in [0.29, 0.717) is 38.4 Å². The smallest absolute Gasteiger partial charge is 0.404 e. The van der Waals surface area contributed by atoms with Gasteiger partial charge in [-0.3, -0.25) is 4.90 Å². The molecule has 0 aromatic carbocycles. The zero-order valence-electron chi connectivity index (χ0n) is 12.9. The monoisotopic (exact) mass is 365 g/mol. The van der Waals surface area contributed by atoms with Gasteiger partial charge in [-0.25, -0.2) is 13.4 Å². The molecule has 0 aliphatic carbocycles. The summed E-state index contributed by atoms with van der Waals surface area (Å²) in [4.78, 5) is 8.16. The molecule has 10 heteroatoms. The molecule has 1 aromatic rings. The van der Waals surface area contributed by atoms with Crippen LogP contribution in [0.15, 0.2) is 18.3 Å². The number of aromatic nitrogens is 1. The third-order valence-electron chi connectivity index (χ3n) is 4.32. The van der Waals surface area contributed by atoms with Crippen molar-refractivity contribution in [3.63, 3.8) is 0 Å². The Labute approximate surface area is 138 Å². The number of anilines is 1. The fraction of sp³-hybridized carbons (Fsp3) is 0.643. The number of halogens is 3. The van der Waals surface area contributed by atoms with Gasteiger partial charge < -0.3 is 9.64 Å². The maximum Gasteiger partial charge on any atom is 0.573 e. The molecule has 2 saturated heterocycles. The summed E-state index contributed by atoms with van der Waals surface area (Å²) in [5.74, 6) is 0.707. The Morgan fingerprint density at radius 3 is 2.38 bits per heavy atom. The number of ether oxygens (including phenoxy) is 1.